The van der Waals surface area contributed by atoms with E-state index in [0.717, 1.165) is 5.56 Å². The summed E-state index contributed by atoms with van der Waals surface area (Å²) in [5.41, 5.74) is 1.30. The molecule has 1 aliphatic heterocycles. The Hall–Kier alpha value is -2.50. The highest BCUT2D eigenvalue weighted by Gasteiger charge is 2.42. The topological polar surface area (TPSA) is 65.1 Å². The molecule has 3 unspecified atom stereocenters. The van der Waals surface area contributed by atoms with Crippen LogP contribution in [0.1, 0.15) is 38.7 Å². The largest absolute Gasteiger partial charge is 0.496 e. The Balaban J connectivity index is 1.70. The van der Waals surface area contributed by atoms with Crippen molar-refractivity contribution in [2.24, 2.45) is 5.92 Å². The van der Waals surface area contributed by atoms with Crippen molar-refractivity contribution in [1.82, 2.24) is 4.90 Å². The normalized spacial score (nSPS) is 24.3. The number of rotatable bonds is 5. The predicted molar refractivity (Wildman–Crippen MR) is 101 cm³/mol. The number of fused-ring (bicyclic) bond motifs is 1. The average Bonchev–Trinajstić information content (AvgIpc) is 2.69. The van der Waals surface area contributed by atoms with Crippen LogP contribution < -0.4 is 4.74 Å². The van der Waals surface area contributed by atoms with Crippen LogP contribution in [0.3, 0.4) is 0 Å². The quantitative estimate of drug-likeness (QED) is 0.788. The molecule has 0 radical (unpaired) electrons. The van der Waals surface area contributed by atoms with Crippen molar-refractivity contribution in [2.45, 2.75) is 45.3 Å². The number of carbonyl (C=O) groups is 2. The van der Waals surface area contributed by atoms with Crippen molar-refractivity contribution < 1.29 is 23.8 Å². The van der Waals surface area contributed by atoms with Gasteiger partial charge in [0.2, 0.25) is 0 Å². The van der Waals surface area contributed by atoms with E-state index in [1.807, 2.05) is 38.1 Å². The van der Waals surface area contributed by atoms with Gasteiger partial charge in [0, 0.05) is 25.1 Å². The number of benzene rings is 1. The summed E-state index contributed by atoms with van der Waals surface area (Å²) in [7, 11) is 1.59. The van der Waals surface area contributed by atoms with Crippen molar-refractivity contribution >= 4 is 17.4 Å². The zero-order chi connectivity index (χ0) is 19.4. The van der Waals surface area contributed by atoms with Gasteiger partial charge in [-0.15, -0.1) is 0 Å². The van der Waals surface area contributed by atoms with Crippen molar-refractivity contribution in [3.63, 3.8) is 0 Å². The van der Waals surface area contributed by atoms with Gasteiger partial charge < -0.3 is 19.1 Å². The van der Waals surface area contributed by atoms with Gasteiger partial charge in [0.05, 0.1) is 24.9 Å². The second kappa shape index (κ2) is 8.46. The molecule has 1 heterocycles. The van der Waals surface area contributed by atoms with Gasteiger partial charge >= 0.3 is 6.09 Å². The van der Waals surface area contributed by atoms with Gasteiger partial charge in [-0.05, 0) is 32.8 Å². The van der Waals surface area contributed by atoms with E-state index in [4.69, 9.17) is 14.2 Å². The van der Waals surface area contributed by atoms with Crippen molar-refractivity contribution in [3.8, 4) is 5.75 Å². The van der Waals surface area contributed by atoms with Gasteiger partial charge in [0.1, 0.15) is 18.0 Å². The number of hydrogen-bond acceptors (Lipinski definition) is 5. The molecule has 1 aromatic rings. The molecule has 1 amide bonds. The number of amides is 1. The lowest BCUT2D eigenvalue weighted by molar-refractivity contribution is -0.126. The van der Waals surface area contributed by atoms with E-state index in [9.17, 15) is 9.59 Å². The van der Waals surface area contributed by atoms with E-state index >= 15 is 0 Å². The number of Topliss-reactive ketones (excluding diaryl/α,β-unsaturated/α-hetero) is 1. The Morgan fingerprint density at radius 2 is 1.96 bits per heavy atom. The standard InChI is InChI=1S/C21H27NO5/c1-4-22(5-2)21(24)27-14-10-11-16-19(12-14)26-13-17(20(16)23)15-8-6-7-9-18(15)25-3/h6-9,13-14,16,19H,4-5,10-12H2,1-3H3. The first-order valence-corrected chi connectivity index (χ1v) is 9.57. The molecule has 3 atom stereocenters. The van der Waals surface area contributed by atoms with E-state index in [2.05, 4.69) is 0 Å². The highest BCUT2D eigenvalue weighted by molar-refractivity contribution is 6.22. The molecule has 0 saturated heterocycles. The number of carbonyl (C=O) groups excluding carboxylic acids is 2. The van der Waals surface area contributed by atoms with Gasteiger partial charge in [0.25, 0.3) is 0 Å². The SMILES string of the molecule is CCN(CC)C(=O)OC1CCC2C(=O)C(c3ccccc3OC)=COC2C1. The zero-order valence-corrected chi connectivity index (χ0v) is 16.1. The van der Waals surface area contributed by atoms with Crippen LogP contribution in [0.2, 0.25) is 0 Å². The Labute approximate surface area is 160 Å². The van der Waals surface area contributed by atoms with E-state index in [0.29, 0.717) is 43.7 Å². The molecule has 1 fully saturated rings. The molecule has 1 saturated carbocycles. The molecule has 0 bridgehead atoms. The summed E-state index contributed by atoms with van der Waals surface area (Å²) in [6.07, 6.45) is 2.63. The Kier molecular flexibility index (Phi) is 6.04. The summed E-state index contributed by atoms with van der Waals surface area (Å²) in [5, 5.41) is 0. The molecule has 0 aromatic heterocycles. The Morgan fingerprint density at radius 3 is 2.67 bits per heavy atom. The monoisotopic (exact) mass is 373 g/mol. The van der Waals surface area contributed by atoms with Crippen molar-refractivity contribution in [2.75, 3.05) is 20.2 Å². The van der Waals surface area contributed by atoms with Crippen LogP contribution in [0.25, 0.3) is 5.57 Å². The molecular formula is C21H27NO5. The number of para-hydroxylation sites is 1. The number of ketones is 1. The number of hydrogen-bond donors (Lipinski definition) is 0. The minimum Gasteiger partial charge on any atom is -0.496 e. The first kappa shape index (κ1) is 19.3. The van der Waals surface area contributed by atoms with Crippen molar-refractivity contribution in [1.29, 1.82) is 0 Å². The lowest BCUT2D eigenvalue weighted by Crippen LogP contribution is -2.43. The van der Waals surface area contributed by atoms with Crippen LogP contribution in [0.5, 0.6) is 5.75 Å². The van der Waals surface area contributed by atoms with Crippen LogP contribution in [0, 0.1) is 5.92 Å². The lowest BCUT2D eigenvalue weighted by Gasteiger charge is -2.37. The molecule has 2 aliphatic rings. The van der Waals surface area contributed by atoms with Crippen LogP contribution >= 0.6 is 0 Å². The molecule has 3 rings (SSSR count). The van der Waals surface area contributed by atoms with E-state index in [1.54, 1.807) is 12.0 Å². The Bertz CT molecular complexity index is 725. The van der Waals surface area contributed by atoms with Gasteiger partial charge in [0.15, 0.2) is 5.78 Å². The van der Waals surface area contributed by atoms with E-state index < -0.39 is 0 Å². The van der Waals surface area contributed by atoms with Crippen molar-refractivity contribution in [3.05, 3.63) is 36.1 Å². The minimum absolute atomic E-state index is 0.0734. The summed E-state index contributed by atoms with van der Waals surface area (Å²) < 4.78 is 16.9. The first-order valence-electron chi connectivity index (χ1n) is 9.57. The summed E-state index contributed by atoms with van der Waals surface area (Å²) in [6, 6.07) is 7.44. The molecule has 0 spiro atoms. The molecule has 27 heavy (non-hydrogen) atoms. The summed E-state index contributed by atoms with van der Waals surface area (Å²) in [4.78, 5) is 26.9. The third kappa shape index (κ3) is 3.94. The molecule has 6 heteroatoms. The summed E-state index contributed by atoms with van der Waals surface area (Å²) >= 11 is 0. The second-order valence-corrected chi connectivity index (χ2v) is 6.87. The Morgan fingerprint density at radius 1 is 1.22 bits per heavy atom. The molecular weight excluding hydrogens is 346 g/mol. The average molecular weight is 373 g/mol. The smallest absolute Gasteiger partial charge is 0.410 e. The fourth-order valence-electron chi connectivity index (χ4n) is 3.83. The van der Waals surface area contributed by atoms with Crippen LogP contribution in [0.15, 0.2) is 30.5 Å². The lowest BCUT2D eigenvalue weighted by atomic mass is 9.77. The molecule has 1 aromatic carbocycles. The second-order valence-electron chi connectivity index (χ2n) is 6.87. The number of methoxy groups -OCH3 is 1. The number of allylic oxidation sites excluding steroid dienone is 1. The maximum Gasteiger partial charge on any atom is 0.410 e. The van der Waals surface area contributed by atoms with E-state index in [1.165, 1.54) is 6.26 Å². The van der Waals surface area contributed by atoms with Gasteiger partial charge in [-0.2, -0.15) is 0 Å². The van der Waals surface area contributed by atoms with Gasteiger partial charge in [-0.3, -0.25) is 4.79 Å². The highest BCUT2D eigenvalue weighted by atomic mass is 16.6. The van der Waals surface area contributed by atoms with Gasteiger partial charge in [-0.25, -0.2) is 4.79 Å². The minimum atomic E-state index is -0.296. The molecule has 1 aliphatic carbocycles. The van der Waals surface area contributed by atoms with Gasteiger partial charge in [-0.1, -0.05) is 18.2 Å². The number of nitrogens with zero attached hydrogens (tertiary/aromatic N) is 1. The maximum atomic E-state index is 13.0. The predicted octanol–water partition coefficient (Wildman–Crippen LogP) is 3.65. The molecule has 146 valence electrons. The maximum absolute atomic E-state index is 13.0. The fraction of sp³-hybridized carbons (Fsp3) is 0.524. The third-order valence-corrected chi connectivity index (χ3v) is 5.39. The molecule has 6 nitrogen and oxygen atoms in total. The third-order valence-electron chi connectivity index (χ3n) is 5.39. The van der Waals surface area contributed by atoms with Crippen LogP contribution in [0.4, 0.5) is 4.79 Å². The van der Waals surface area contributed by atoms with E-state index in [-0.39, 0.29) is 30.0 Å². The molecule has 0 N–H and O–H groups in total. The summed E-state index contributed by atoms with van der Waals surface area (Å²) in [5.74, 6) is 0.517. The number of ether oxygens (including phenoxy) is 3. The zero-order valence-electron chi connectivity index (χ0n) is 16.1. The van der Waals surface area contributed by atoms with Crippen LogP contribution in [-0.4, -0.2) is 49.2 Å². The van der Waals surface area contributed by atoms with Crippen LogP contribution in [-0.2, 0) is 14.3 Å². The highest BCUT2D eigenvalue weighted by Crippen LogP contribution is 2.39. The fourth-order valence-corrected chi connectivity index (χ4v) is 3.83. The first-order chi connectivity index (χ1) is 13.1. The summed E-state index contributed by atoms with van der Waals surface area (Å²) in [6.45, 7) is 5.09.